The van der Waals surface area contributed by atoms with Gasteiger partial charge in [0.2, 0.25) is 5.88 Å². The van der Waals surface area contributed by atoms with Crippen molar-refractivity contribution in [3.8, 4) is 0 Å². The van der Waals surface area contributed by atoms with Crippen LogP contribution < -0.4 is 21.9 Å². The summed E-state index contributed by atoms with van der Waals surface area (Å²) in [6.07, 6.45) is 1.33. The fourth-order valence-electron chi connectivity index (χ4n) is 2.63. The van der Waals surface area contributed by atoms with Gasteiger partial charge >= 0.3 is 5.97 Å². The number of anilines is 1. The van der Waals surface area contributed by atoms with Gasteiger partial charge in [-0.2, -0.15) is 0 Å². The van der Waals surface area contributed by atoms with E-state index in [1.54, 1.807) is 13.0 Å². The lowest BCUT2D eigenvalue weighted by Crippen LogP contribution is -2.39. The molecule has 0 saturated carbocycles. The zero-order chi connectivity index (χ0) is 18.4. The summed E-state index contributed by atoms with van der Waals surface area (Å²) < 4.78 is 10.5. The minimum Gasteiger partial charge on any atom is -0.474 e. The highest BCUT2D eigenvalue weighted by molar-refractivity contribution is 6.35. The van der Waals surface area contributed by atoms with Crippen LogP contribution in [0.2, 0.25) is 10.0 Å². The molecule has 25 heavy (non-hydrogen) atoms. The first-order valence-corrected chi connectivity index (χ1v) is 8.71. The second-order valence-electron chi connectivity index (χ2n) is 5.54. The van der Waals surface area contributed by atoms with Gasteiger partial charge in [0.15, 0.2) is 5.70 Å². The lowest BCUT2D eigenvalue weighted by atomic mass is 10.1. The molecule has 1 heterocycles. The zero-order valence-electron chi connectivity index (χ0n) is 13.9. The Labute approximate surface area is 156 Å². The Kier molecular flexibility index (Phi) is 7.04. The van der Waals surface area contributed by atoms with E-state index in [1.807, 2.05) is 12.1 Å². The first-order chi connectivity index (χ1) is 11.9. The molecule has 0 amide bonds. The molecule has 5 N–H and O–H groups in total. The van der Waals surface area contributed by atoms with Crippen LogP contribution in [0.15, 0.2) is 29.8 Å². The Morgan fingerprint density at radius 1 is 1.28 bits per heavy atom. The van der Waals surface area contributed by atoms with Crippen molar-refractivity contribution in [2.45, 2.75) is 25.9 Å². The molecular formula is C16H22Cl2N4O3. The van der Waals surface area contributed by atoms with Crippen LogP contribution in [0, 0.1) is 0 Å². The van der Waals surface area contributed by atoms with Gasteiger partial charge in [-0.05, 0) is 25.1 Å². The van der Waals surface area contributed by atoms with Crippen LogP contribution >= 0.6 is 23.2 Å². The predicted octanol–water partition coefficient (Wildman–Crippen LogP) is 2.13. The number of carbonyl (C=O) groups excluding carboxylic acids is 1. The molecule has 0 atom stereocenters. The van der Waals surface area contributed by atoms with Crippen molar-refractivity contribution in [3.63, 3.8) is 0 Å². The van der Waals surface area contributed by atoms with Gasteiger partial charge in [-0.1, -0.05) is 23.2 Å². The molecule has 0 radical (unpaired) electrons. The standard InChI is InChI=1S/C16H22Cl2N4O3/c1-2-24-16(23)14(21-20)15(19)25-13-3-5-22(6-4-13)12-8-10(17)7-11(18)9-12/h7-9,13,21H,2-6,19-20H2,1H3/b15-14+. The summed E-state index contributed by atoms with van der Waals surface area (Å²) in [5.41, 5.74) is 8.97. The van der Waals surface area contributed by atoms with Crippen LogP contribution in [0.25, 0.3) is 0 Å². The predicted molar refractivity (Wildman–Crippen MR) is 98.0 cm³/mol. The lowest BCUT2D eigenvalue weighted by Gasteiger charge is -2.34. The van der Waals surface area contributed by atoms with Crippen molar-refractivity contribution < 1.29 is 14.3 Å². The average molecular weight is 389 g/mol. The third-order valence-electron chi connectivity index (χ3n) is 3.82. The van der Waals surface area contributed by atoms with E-state index in [0.29, 0.717) is 10.0 Å². The summed E-state index contributed by atoms with van der Waals surface area (Å²) in [6.45, 7) is 3.41. The number of hydrogen-bond acceptors (Lipinski definition) is 7. The van der Waals surface area contributed by atoms with Crippen molar-refractivity contribution in [1.82, 2.24) is 5.43 Å². The Morgan fingerprint density at radius 3 is 2.40 bits per heavy atom. The fourth-order valence-corrected chi connectivity index (χ4v) is 3.14. The number of halogens is 2. The Balaban J connectivity index is 1.96. The number of nitrogens with zero attached hydrogens (tertiary/aromatic N) is 1. The Bertz CT molecular complexity index is 626. The summed E-state index contributed by atoms with van der Waals surface area (Å²) in [4.78, 5) is 13.9. The third kappa shape index (κ3) is 5.32. The summed E-state index contributed by atoms with van der Waals surface area (Å²) in [5, 5.41) is 1.20. The second-order valence-corrected chi connectivity index (χ2v) is 6.41. The molecule has 9 heteroatoms. The average Bonchev–Trinajstić information content (AvgIpc) is 2.55. The summed E-state index contributed by atoms with van der Waals surface area (Å²) in [7, 11) is 0. The molecule has 1 saturated heterocycles. The first kappa shape index (κ1) is 19.5. The summed E-state index contributed by atoms with van der Waals surface area (Å²) >= 11 is 12.1. The van der Waals surface area contributed by atoms with Crippen molar-refractivity contribution in [1.29, 1.82) is 0 Å². The molecule has 0 aliphatic carbocycles. The zero-order valence-corrected chi connectivity index (χ0v) is 15.4. The van der Waals surface area contributed by atoms with Gasteiger partial charge in [0.05, 0.1) is 6.61 Å². The number of carbonyl (C=O) groups is 1. The van der Waals surface area contributed by atoms with E-state index >= 15 is 0 Å². The number of rotatable bonds is 6. The largest absolute Gasteiger partial charge is 0.474 e. The van der Waals surface area contributed by atoms with Crippen LogP contribution in [0.5, 0.6) is 0 Å². The van der Waals surface area contributed by atoms with Crippen molar-refractivity contribution >= 4 is 34.9 Å². The number of hydrazine groups is 1. The molecule has 0 bridgehead atoms. The molecule has 1 aromatic carbocycles. The number of piperidine rings is 1. The topological polar surface area (TPSA) is 103 Å². The maximum absolute atomic E-state index is 11.7. The molecule has 1 aliphatic rings. The maximum atomic E-state index is 11.7. The van der Waals surface area contributed by atoms with Crippen LogP contribution in [-0.4, -0.2) is 31.8 Å². The smallest absolute Gasteiger partial charge is 0.361 e. The van der Waals surface area contributed by atoms with Crippen LogP contribution in [0.4, 0.5) is 5.69 Å². The van der Waals surface area contributed by atoms with E-state index < -0.39 is 5.97 Å². The van der Waals surface area contributed by atoms with Crippen molar-refractivity contribution in [2.24, 2.45) is 11.6 Å². The summed E-state index contributed by atoms with van der Waals surface area (Å²) in [6, 6.07) is 5.45. The number of ether oxygens (including phenoxy) is 2. The van der Waals surface area contributed by atoms with Crippen LogP contribution in [0.1, 0.15) is 19.8 Å². The molecule has 138 valence electrons. The van der Waals surface area contributed by atoms with E-state index in [9.17, 15) is 4.79 Å². The van der Waals surface area contributed by atoms with E-state index in [4.69, 9.17) is 44.3 Å². The number of nitrogens with two attached hydrogens (primary N) is 2. The van der Waals surface area contributed by atoms with Crippen molar-refractivity contribution in [3.05, 3.63) is 39.8 Å². The molecule has 2 rings (SSSR count). The van der Waals surface area contributed by atoms with E-state index in [0.717, 1.165) is 31.6 Å². The van der Waals surface area contributed by atoms with Gasteiger partial charge in [0.25, 0.3) is 0 Å². The van der Waals surface area contributed by atoms with Gasteiger partial charge in [-0.15, -0.1) is 0 Å². The molecule has 7 nitrogen and oxygen atoms in total. The highest BCUT2D eigenvalue weighted by Crippen LogP contribution is 2.28. The maximum Gasteiger partial charge on any atom is 0.361 e. The monoisotopic (exact) mass is 388 g/mol. The minimum atomic E-state index is -0.645. The highest BCUT2D eigenvalue weighted by atomic mass is 35.5. The SMILES string of the molecule is CCOC(=O)/C(NN)=C(/N)OC1CCN(c2cc(Cl)cc(Cl)c2)CC1. The number of benzene rings is 1. The molecule has 1 aromatic rings. The van der Waals surface area contributed by atoms with Gasteiger partial charge in [-0.3, -0.25) is 5.84 Å². The van der Waals surface area contributed by atoms with Crippen molar-refractivity contribution in [2.75, 3.05) is 24.6 Å². The van der Waals surface area contributed by atoms with Gasteiger partial charge in [0, 0.05) is 41.7 Å². The Morgan fingerprint density at radius 2 is 1.88 bits per heavy atom. The third-order valence-corrected chi connectivity index (χ3v) is 4.25. The van der Waals surface area contributed by atoms with E-state index in [-0.39, 0.29) is 24.3 Å². The van der Waals surface area contributed by atoms with Crippen LogP contribution in [-0.2, 0) is 14.3 Å². The molecular weight excluding hydrogens is 367 g/mol. The minimum absolute atomic E-state index is 0.0646. The normalized spacial score (nSPS) is 16.2. The quantitative estimate of drug-likeness (QED) is 0.225. The second kappa shape index (κ2) is 9.03. The lowest BCUT2D eigenvalue weighted by molar-refractivity contribution is -0.139. The molecule has 0 unspecified atom stereocenters. The number of nitrogens with one attached hydrogen (secondary N) is 1. The number of esters is 1. The van der Waals surface area contributed by atoms with Gasteiger partial charge < -0.3 is 25.5 Å². The summed E-state index contributed by atoms with van der Waals surface area (Å²) in [5.74, 6) is 4.62. The number of hydrogen-bond donors (Lipinski definition) is 3. The highest BCUT2D eigenvalue weighted by Gasteiger charge is 2.24. The molecule has 0 aromatic heterocycles. The van der Waals surface area contributed by atoms with Gasteiger partial charge in [0.1, 0.15) is 6.10 Å². The van der Waals surface area contributed by atoms with E-state index in [2.05, 4.69) is 10.3 Å². The van der Waals surface area contributed by atoms with E-state index in [1.165, 1.54) is 0 Å². The Hall–Kier alpha value is -1.83. The molecule has 1 fully saturated rings. The molecule has 0 spiro atoms. The van der Waals surface area contributed by atoms with Gasteiger partial charge in [-0.25, -0.2) is 4.79 Å². The fraction of sp³-hybridized carbons (Fsp3) is 0.438. The van der Waals surface area contributed by atoms with Crippen LogP contribution in [0.3, 0.4) is 0 Å². The molecule has 1 aliphatic heterocycles. The first-order valence-electron chi connectivity index (χ1n) is 7.95.